The van der Waals surface area contributed by atoms with Crippen LogP contribution in [0, 0.1) is 11.2 Å². The molecule has 1 heterocycles. The Hall–Kier alpha value is -2.47. The van der Waals surface area contributed by atoms with Crippen molar-refractivity contribution < 1.29 is 14.3 Å². The Morgan fingerprint density at radius 2 is 1.89 bits per heavy atom. The van der Waals surface area contributed by atoms with E-state index in [0.29, 0.717) is 16.8 Å². The molecule has 0 saturated heterocycles. The number of rotatable bonds is 3. The van der Waals surface area contributed by atoms with Gasteiger partial charge >= 0.3 is 6.09 Å². The Kier molecular flexibility index (Phi) is 5.20. The van der Waals surface area contributed by atoms with Crippen molar-refractivity contribution in [2.45, 2.75) is 26.8 Å². The lowest BCUT2D eigenvalue weighted by molar-refractivity contribution is 0.175. The summed E-state index contributed by atoms with van der Waals surface area (Å²) in [5, 5.41) is 12.9. The molecule has 4 nitrogen and oxygen atoms in total. The lowest BCUT2D eigenvalue weighted by atomic mass is 9.80. The van der Waals surface area contributed by atoms with Gasteiger partial charge in [-0.2, -0.15) is 0 Å². The van der Waals surface area contributed by atoms with Crippen molar-refractivity contribution in [3.63, 3.8) is 0 Å². The molecule has 2 aromatic carbocycles. The van der Waals surface area contributed by atoms with Crippen LogP contribution in [0.2, 0.25) is 0 Å². The van der Waals surface area contributed by atoms with Crippen LogP contribution in [0.25, 0.3) is 22.2 Å². The van der Waals surface area contributed by atoms with Crippen LogP contribution in [0.15, 0.2) is 53.0 Å². The summed E-state index contributed by atoms with van der Waals surface area (Å²) in [6.07, 6.45) is -1.12. The number of carboxylic acid groups (broad SMARTS) is 1. The van der Waals surface area contributed by atoms with E-state index < -0.39 is 17.6 Å². The molecule has 0 bridgehead atoms. The fourth-order valence-electron chi connectivity index (χ4n) is 3.15. The molecule has 1 unspecified atom stereocenters. The number of hydrogen-bond donors (Lipinski definition) is 2. The molecule has 0 aliphatic heterocycles. The van der Waals surface area contributed by atoms with Crippen LogP contribution in [-0.2, 0) is 0 Å². The fourth-order valence-corrected chi connectivity index (χ4v) is 3.62. The molecule has 1 aromatic heterocycles. The number of para-hydroxylation sites is 1. The predicted molar refractivity (Wildman–Crippen MR) is 108 cm³/mol. The Morgan fingerprint density at radius 3 is 2.52 bits per heavy atom. The minimum Gasteiger partial charge on any atom is -0.465 e. The number of pyridine rings is 1. The lowest BCUT2D eigenvalue weighted by Crippen LogP contribution is -2.36. The van der Waals surface area contributed by atoms with E-state index in [1.54, 1.807) is 12.1 Å². The number of hydrogen-bond acceptors (Lipinski definition) is 2. The highest BCUT2D eigenvalue weighted by Crippen LogP contribution is 2.39. The fraction of sp³-hybridized carbons (Fsp3) is 0.238. The third-order valence-electron chi connectivity index (χ3n) is 4.37. The SMILES string of the molecule is CC(C)(C)C(NC(=O)O)c1cc2cccc(Br)c2nc1-c1cccc(F)c1. The molecule has 140 valence electrons. The molecule has 0 radical (unpaired) electrons. The van der Waals surface area contributed by atoms with E-state index in [0.717, 1.165) is 15.4 Å². The van der Waals surface area contributed by atoms with Gasteiger partial charge < -0.3 is 10.4 Å². The molecular weight excluding hydrogens is 411 g/mol. The highest BCUT2D eigenvalue weighted by atomic mass is 79.9. The predicted octanol–water partition coefficient (Wildman–Crippen LogP) is 6.16. The van der Waals surface area contributed by atoms with Gasteiger partial charge in [0.1, 0.15) is 5.82 Å². The molecule has 0 spiro atoms. The summed E-state index contributed by atoms with van der Waals surface area (Å²) in [6.45, 7) is 5.86. The molecule has 3 rings (SSSR count). The van der Waals surface area contributed by atoms with E-state index in [9.17, 15) is 14.3 Å². The second-order valence-electron chi connectivity index (χ2n) is 7.50. The second-order valence-corrected chi connectivity index (χ2v) is 8.35. The number of fused-ring (bicyclic) bond motifs is 1. The average molecular weight is 431 g/mol. The minimum absolute atomic E-state index is 0.369. The summed E-state index contributed by atoms with van der Waals surface area (Å²) in [7, 11) is 0. The molecule has 0 aliphatic carbocycles. The number of nitrogens with one attached hydrogen (secondary N) is 1. The lowest BCUT2D eigenvalue weighted by Gasteiger charge is -2.32. The number of carbonyl (C=O) groups is 1. The molecular formula is C21H20BrFN2O2. The third kappa shape index (κ3) is 4.11. The first kappa shape index (κ1) is 19.3. The molecule has 2 N–H and O–H groups in total. The number of amides is 1. The topological polar surface area (TPSA) is 62.2 Å². The van der Waals surface area contributed by atoms with Gasteiger partial charge in [0.25, 0.3) is 0 Å². The smallest absolute Gasteiger partial charge is 0.405 e. The van der Waals surface area contributed by atoms with Crippen LogP contribution in [0.1, 0.15) is 32.4 Å². The summed E-state index contributed by atoms with van der Waals surface area (Å²) in [6, 6.07) is 13.3. The van der Waals surface area contributed by atoms with Crippen molar-refractivity contribution in [1.29, 1.82) is 0 Å². The van der Waals surface area contributed by atoms with Gasteiger partial charge in [-0.25, -0.2) is 14.2 Å². The molecule has 0 fully saturated rings. The van der Waals surface area contributed by atoms with Crippen molar-refractivity contribution >= 4 is 32.9 Å². The quantitative estimate of drug-likeness (QED) is 0.522. The molecule has 0 aliphatic rings. The van der Waals surface area contributed by atoms with Crippen LogP contribution >= 0.6 is 15.9 Å². The van der Waals surface area contributed by atoms with E-state index in [4.69, 9.17) is 4.98 Å². The largest absolute Gasteiger partial charge is 0.465 e. The zero-order chi connectivity index (χ0) is 19.8. The minimum atomic E-state index is -1.12. The maximum absolute atomic E-state index is 13.9. The standard InChI is InChI=1S/C21H20BrFN2O2/c1-21(2,3)19(25-20(26)27)15-11-13-7-5-9-16(22)18(13)24-17(15)12-6-4-8-14(23)10-12/h4-11,19,25H,1-3H3,(H,26,27). The highest BCUT2D eigenvalue weighted by Gasteiger charge is 2.31. The van der Waals surface area contributed by atoms with Gasteiger partial charge in [0, 0.05) is 21.0 Å². The van der Waals surface area contributed by atoms with Crippen molar-refractivity contribution in [2.24, 2.45) is 5.41 Å². The molecule has 1 atom stereocenters. The molecule has 0 saturated carbocycles. The van der Waals surface area contributed by atoms with Crippen LogP contribution in [0.4, 0.5) is 9.18 Å². The summed E-state index contributed by atoms with van der Waals surface area (Å²) >= 11 is 3.51. The van der Waals surface area contributed by atoms with Crippen molar-refractivity contribution in [2.75, 3.05) is 0 Å². The van der Waals surface area contributed by atoms with Crippen molar-refractivity contribution in [3.8, 4) is 11.3 Å². The number of halogens is 2. The normalized spacial score (nSPS) is 12.8. The Bertz CT molecular complexity index is 1010. The second kappa shape index (κ2) is 7.27. The average Bonchev–Trinajstić information content (AvgIpc) is 2.58. The van der Waals surface area contributed by atoms with E-state index in [-0.39, 0.29) is 5.82 Å². The molecule has 27 heavy (non-hydrogen) atoms. The number of aromatic nitrogens is 1. The van der Waals surface area contributed by atoms with E-state index in [2.05, 4.69) is 21.2 Å². The Labute approximate surface area is 165 Å². The molecule has 1 amide bonds. The highest BCUT2D eigenvalue weighted by molar-refractivity contribution is 9.10. The van der Waals surface area contributed by atoms with E-state index in [1.165, 1.54) is 12.1 Å². The van der Waals surface area contributed by atoms with Gasteiger partial charge in [-0.05, 0) is 45.6 Å². The van der Waals surface area contributed by atoms with Crippen molar-refractivity contribution in [1.82, 2.24) is 10.3 Å². The number of benzene rings is 2. The first-order valence-electron chi connectivity index (χ1n) is 8.51. The maximum atomic E-state index is 13.9. The molecule has 6 heteroatoms. The van der Waals surface area contributed by atoms with Crippen LogP contribution in [0.3, 0.4) is 0 Å². The summed E-state index contributed by atoms with van der Waals surface area (Å²) in [5.74, 6) is -0.369. The van der Waals surface area contributed by atoms with E-state index >= 15 is 0 Å². The van der Waals surface area contributed by atoms with Crippen LogP contribution in [-0.4, -0.2) is 16.2 Å². The third-order valence-corrected chi connectivity index (χ3v) is 5.01. The van der Waals surface area contributed by atoms with Gasteiger partial charge in [-0.3, -0.25) is 0 Å². The summed E-state index contributed by atoms with van der Waals surface area (Å²) in [4.78, 5) is 16.2. The summed E-state index contributed by atoms with van der Waals surface area (Å²) in [5.41, 5.74) is 2.19. The van der Waals surface area contributed by atoms with Gasteiger partial charge in [-0.15, -0.1) is 0 Å². The zero-order valence-corrected chi connectivity index (χ0v) is 16.8. The van der Waals surface area contributed by atoms with Gasteiger partial charge in [0.15, 0.2) is 0 Å². The van der Waals surface area contributed by atoms with Crippen molar-refractivity contribution in [3.05, 3.63) is 64.4 Å². The molecule has 3 aromatic rings. The van der Waals surface area contributed by atoms with Gasteiger partial charge in [0.2, 0.25) is 0 Å². The Balaban J connectivity index is 2.34. The maximum Gasteiger partial charge on any atom is 0.405 e. The van der Waals surface area contributed by atoms with Crippen LogP contribution < -0.4 is 5.32 Å². The monoisotopic (exact) mass is 430 g/mol. The van der Waals surface area contributed by atoms with Gasteiger partial charge in [0.05, 0.1) is 17.3 Å². The number of nitrogens with zero attached hydrogens (tertiary/aromatic N) is 1. The first-order chi connectivity index (χ1) is 12.7. The van der Waals surface area contributed by atoms with Gasteiger partial charge in [-0.1, -0.05) is 45.0 Å². The summed E-state index contributed by atoms with van der Waals surface area (Å²) < 4.78 is 14.7. The van der Waals surface area contributed by atoms with Crippen LogP contribution in [0.5, 0.6) is 0 Å². The van der Waals surface area contributed by atoms with E-state index in [1.807, 2.05) is 45.0 Å². The Morgan fingerprint density at radius 1 is 1.19 bits per heavy atom. The first-order valence-corrected chi connectivity index (χ1v) is 9.30. The zero-order valence-electron chi connectivity index (χ0n) is 15.3.